The van der Waals surface area contributed by atoms with Crippen LogP contribution in [-0.4, -0.2) is 16.8 Å². The molecule has 1 aliphatic heterocycles. The Morgan fingerprint density at radius 3 is 2.50 bits per heavy atom. The molecule has 3 nitrogen and oxygen atoms in total. The summed E-state index contributed by atoms with van der Waals surface area (Å²) in [5.41, 5.74) is 13.3. The summed E-state index contributed by atoms with van der Waals surface area (Å²) >= 11 is 1.88. The molecule has 0 aliphatic carbocycles. The first-order valence-electron chi connectivity index (χ1n) is 13.7. The van der Waals surface area contributed by atoms with Gasteiger partial charge < -0.3 is 9.40 Å². The summed E-state index contributed by atoms with van der Waals surface area (Å²) in [7, 11) is 0.890. The Kier molecular flexibility index (Phi) is 3.84. The largest absolute Gasteiger partial charge is 0.439 e. The number of aromatic amines is 1. The number of rotatable bonds is 1. The first-order valence-corrected chi connectivity index (χ1v) is 14.6. The summed E-state index contributed by atoms with van der Waals surface area (Å²) in [5, 5.41) is 6.25. The Hall–Kier alpha value is -4.74. The number of fused-ring (bicyclic) bond motifs is 12. The van der Waals surface area contributed by atoms with Crippen LogP contribution in [0.2, 0.25) is 0 Å². The van der Waals surface area contributed by atoms with E-state index in [0.29, 0.717) is 0 Å². The van der Waals surface area contributed by atoms with Crippen LogP contribution in [0.5, 0.6) is 0 Å². The first-order chi connectivity index (χ1) is 19.7. The fourth-order valence-electron chi connectivity index (χ4n) is 7.18. The maximum absolute atomic E-state index is 6.59. The van der Waals surface area contributed by atoms with E-state index in [0.717, 1.165) is 18.6 Å². The van der Waals surface area contributed by atoms with E-state index in [4.69, 9.17) is 4.42 Å². The number of benzene rings is 5. The summed E-state index contributed by atoms with van der Waals surface area (Å²) in [5.74, 6) is 0. The van der Waals surface area contributed by atoms with Crippen LogP contribution in [0.1, 0.15) is 5.56 Å². The summed E-state index contributed by atoms with van der Waals surface area (Å²) in [4.78, 5) is 3.86. The van der Waals surface area contributed by atoms with E-state index in [9.17, 15) is 0 Å². The highest BCUT2D eigenvalue weighted by molar-refractivity contribution is 7.26. The van der Waals surface area contributed by atoms with Gasteiger partial charge in [-0.15, -0.1) is 11.3 Å². The van der Waals surface area contributed by atoms with Gasteiger partial charge in [0.1, 0.15) is 5.58 Å². The molecule has 186 valence electrons. The van der Waals surface area contributed by atoms with Gasteiger partial charge in [0, 0.05) is 37.5 Å². The topological polar surface area (TPSA) is 33.9 Å². The van der Waals surface area contributed by atoms with Gasteiger partial charge in [0.2, 0.25) is 5.71 Å². The zero-order valence-corrected chi connectivity index (χ0v) is 22.5. The van der Waals surface area contributed by atoms with Crippen molar-refractivity contribution in [3.05, 3.63) is 103 Å². The highest BCUT2D eigenvalue weighted by atomic mass is 32.1. The molecule has 0 saturated carbocycles. The lowest BCUT2D eigenvalue weighted by molar-refractivity contribution is 0.645. The van der Waals surface area contributed by atoms with Crippen molar-refractivity contribution >= 4 is 93.7 Å². The monoisotopic (exact) mass is 528 g/mol. The molecule has 0 radical (unpaired) electrons. The Bertz CT molecular complexity index is 2540. The number of aryl methyl sites for hydroxylation is 1. The molecule has 4 aromatic heterocycles. The number of aromatic nitrogens is 2. The van der Waals surface area contributed by atoms with Crippen molar-refractivity contribution in [2.24, 2.45) is 0 Å². The number of thiophene rings is 1. The van der Waals surface area contributed by atoms with Crippen LogP contribution < -0.4 is 10.9 Å². The van der Waals surface area contributed by atoms with Crippen LogP contribution >= 0.6 is 11.3 Å². The number of hydrogen-bond acceptors (Lipinski definition) is 2. The number of hydrogen-bond donors (Lipinski definition) is 1. The summed E-state index contributed by atoms with van der Waals surface area (Å²) in [6.45, 7) is 2.21. The molecule has 5 heterocycles. The second-order valence-corrected chi connectivity index (χ2v) is 12.1. The maximum Gasteiger partial charge on any atom is 0.213 e. The highest BCUT2D eigenvalue weighted by Crippen LogP contribution is 2.43. The third-order valence-corrected chi connectivity index (χ3v) is 10.0. The minimum Gasteiger partial charge on any atom is -0.439 e. The number of H-pyrrole nitrogens is 1. The second-order valence-electron chi connectivity index (χ2n) is 11.1. The molecule has 0 unspecified atom stereocenters. The van der Waals surface area contributed by atoms with E-state index in [1.165, 1.54) is 86.2 Å². The average Bonchev–Trinajstić information content (AvgIpc) is 3.71. The number of nitrogens with one attached hydrogen (secondary N) is 1. The summed E-state index contributed by atoms with van der Waals surface area (Å²) < 4.78 is 11.6. The molecule has 5 heteroatoms. The maximum atomic E-state index is 6.59. The summed E-state index contributed by atoms with van der Waals surface area (Å²) in [6.07, 6.45) is 0. The molecule has 1 N–H and O–H groups in total. The molecular formula is C35H21BN2OS. The lowest BCUT2D eigenvalue weighted by atomic mass is 9.59. The first kappa shape index (κ1) is 21.1. The van der Waals surface area contributed by atoms with E-state index in [1.807, 2.05) is 11.3 Å². The minimum absolute atomic E-state index is 0.890. The molecule has 0 amide bonds. The number of furan rings is 1. The average molecular weight is 528 g/mol. The van der Waals surface area contributed by atoms with Gasteiger partial charge in [0.15, 0.2) is 7.28 Å². The van der Waals surface area contributed by atoms with Gasteiger partial charge in [-0.3, -0.25) is 4.57 Å². The Morgan fingerprint density at radius 1 is 0.750 bits per heavy atom. The van der Waals surface area contributed by atoms with Crippen molar-refractivity contribution in [1.29, 1.82) is 0 Å². The molecule has 40 heavy (non-hydrogen) atoms. The van der Waals surface area contributed by atoms with Gasteiger partial charge in [0.05, 0.1) is 26.6 Å². The van der Waals surface area contributed by atoms with Crippen LogP contribution in [-0.2, 0) is 0 Å². The minimum atomic E-state index is 0.890. The normalized spacial score (nSPS) is 12.8. The van der Waals surface area contributed by atoms with Crippen molar-refractivity contribution in [2.75, 3.05) is 0 Å². The Balaban J connectivity index is 1.32. The van der Waals surface area contributed by atoms with Crippen LogP contribution in [0.25, 0.3) is 81.0 Å². The van der Waals surface area contributed by atoms with Crippen molar-refractivity contribution in [1.82, 2.24) is 9.55 Å². The van der Waals surface area contributed by atoms with Gasteiger partial charge in [-0.25, -0.2) is 0 Å². The van der Waals surface area contributed by atoms with E-state index in [2.05, 4.69) is 114 Å². The zero-order valence-electron chi connectivity index (χ0n) is 21.7. The molecular weight excluding hydrogens is 507 g/mol. The van der Waals surface area contributed by atoms with Crippen molar-refractivity contribution in [2.45, 2.75) is 6.92 Å². The Morgan fingerprint density at radius 2 is 1.55 bits per heavy atom. The SMILES string of the molecule is Cc1cc(-c2cccc3c2[nH]c2c4ccccc4sc32)c2c(c1)-n1c3oc4ccccc4c3c3cccc(c31)B2. The van der Waals surface area contributed by atoms with Crippen molar-refractivity contribution < 1.29 is 4.42 Å². The fraction of sp³-hybridized carbons (Fsp3) is 0.0286. The van der Waals surface area contributed by atoms with Crippen LogP contribution in [0.4, 0.5) is 0 Å². The molecule has 0 atom stereocenters. The van der Waals surface area contributed by atoms with E-state index in [-0.39, 0.29) is 0 Å². The fourth-order valence-corrected chi connectivity index (χ4v) is 8.37. The zero-order chi connectivity index (χ0) is 26.1. The number of para-hydroxylation sites is 3. The smallest absolute Gasteiger partial charge is 0.213 e. The van der Waals surface area contributed by atoms with Gasteiger partial charge >= 0.3 is 0 Å². The van der Waals surface area contributed by atoms with Gasteiger partial charge in [-0.2, -0.15) is 0 Å². The molecule has 5 aromatic carbocycles. The molecule has 0 fully saturated rings. The van der Waals surface area contributed by atoms with Gasteiger partial charge in [-0.1, -0.05) is 84.3 Å². The third kappa shape index (κ3) is 2.52. The van der Waals surface area contributed by atoms with Crippen LogP contribution in [0, 0.1) is 6.92 Å². The summed E-state index contributed by atoms with van der Waals surface area (Å²) in [6, 6.07) is 35.3. The second kappa shape index (κ2) is 7.26. The van der Waals surface area contributed by atoms with Crippen LogP contribution in [0.3, 0.4) is 0 Å². The predicted octanol–water partition coefficient (Wildman–Crippen LogP) is 8.06. The van der Waals surface area contributed by atoms with Gasteiger partial charge in [-0.05, 0) is 41.7 Å². The Labute approximate surface area is 233 Å². The lowest BCUT2D eigenvalue weighted by Gasteiger charge is -2.23. The number of nitrogens with zero attached hydrogens (tertiary/aromatic N) is 1. The molecule has 0 bridgehead atoms. The van der Waals surface area contributed by atoms with E-state index < -0.39 is 0 Å². The molecule has 0 saturated heterocycles. The third-order valence-electron chi connectivity index (χ3n) is 8.82. The van der Waals surface area contributed by atoms with Gasteiger partial charge in [0.25, 0.3) is 0 Å². The van der Waals surface area contributed by atoms with Crippen LogP contribution in [0.15, 0.2) is 101 Å². The van der Waals surface area contributed by atoms with E-state index >= 15 is 0 Å². The van der Waals surface area contributed by atoms with Crippen molar-refractivity contribution in [3.63, 3.8) is 0 Å². The van der Waals surface area contributed by atoms with Crippen molar-refractivity contribution in [3.8, 4) is 16.8 Å². The lowest BCUT2D eigenvalue weighted by Crippen LogP contribution is -2.37. The molecule has 1 aliphatic rings. The molecule has 0 spiro atoms. The molecule has 9 aromatic rings. The predicted molar refractivity (Wildman–Crippen MR) is 172 cm³/mol. The quantitative estimate of drug-likeness (QED) is 0.215. The standard InChI is InChI=1S/C35H21BN2OS/c1-18-16-24(19-10-6-12-23-31(19)37-32-21-9-3-5-15-28(21)40-34(23)32)30-26(17-18)38-33-22(11-7-13-25(33)36-30)29-20-8-2-4-14-27(20)39-35(29)38/h2-17,36-37H,1H3. The van der Waals surface area contributed by atoms with E-state index in [1.54, 1.807) is 0 Å². The molecule has 10 rings (SSSR count). The highest BCUT2D eigenvalue weighted by Gasteiger charge is 2.29.